The van der Waals surface area contributed by atoms with Crippen LogP contribution in [0.1, 0.15) is 239 Å². The summed E-state index contributed by atoms with van der Waals surface area (Å²) in [4.78, 5) is 37.7. The van der Waals surface area contributed by atoms with Crippen LogP contribution in [0.25, 0.3) is 0 Å². The average Bonchev–Trinajstić information content (AvgIpc) is 3.18. The summed E-state index contributed by atoms with van der Waals surface area (Å²) in [5.74, 6) is -0.894. The maximum atomic E-state index is 12.7. The Morgan fingerprint density at radius 1 is 0.364 bits per heavy atom. The summed E-state index contributed by atoms with van der Waals surface area (Å²) in [7, 11) is 0. The Bertz CT molecular complexity index is 938. The van der Waals surface area contributed by atoms with Gasteiger partial charge in [-0.05, 0) is 70.6 Å². The highest BCUT2D eigenvalue weighted by Gasteiger charge is 2.19. The van der Waals surface area contributed by atoms with E-state index < -0.39 is 6.10 Å². The Morgan fingerprint density at radius 3 is 1.11 bits per heavy atom. The molecule has 6 heteroatoms. The predicted molar refractivity (Wildman–Crippen MR) is 233 cm³/mol. The van der Waals surface area contributed by atoms with Crippen molar-refractivity contribution in [1.82, 2.24) is 0 Å². The highest BCUT2D eigenvalue weighted by atomic mass is 16.6. The lowest BCUT2D eigenvalue weighted by atomic mass is 10.1. The van der Waals surface area contributed by atoms with Gasteiger partial charge in [-0.1, -0.05) is 186 Å². The first-order chi connectivity index (χ1) is 27.0. The fraction of sp³-hybridized carbons (Fsp3) is 0.816. The molecule has 0 aliphatic heterocycles. The number of hydrogen-bond acceptors (Lipinski definition) is 6. The molecular formula is C49H88O6. The highest BCUT2D eigenvalue weighted by Crippen LogP contribution is 2.14. The third kappa shape index (κ3) is 42.6. The van der Waals surface area contributed by atoms with Gasteiger partial charge in [-0.2, -0.15) is 0 Å². The second-order valence-electron chi connectivity index (χ2n) is 15.7. The van der Waals surface area contributed by atoms with E-state index in [-0.39, 0.29) is 31.1 Å². The van der Waals surface area contributed by atoms with Gasteiger partial charge in [-0.15, -0.1) is 0 Å². The molecule has 320 valence electrons. The van der Waals surface area contributed by atoms with E-state index in [0.29, 0.717) is 19.3 Å². The third-order valence-electron chi connectivity index (χ3n) is 10.1. The second kappa shape index (κ2) is 44.3. The molecule has 1 atom stereocenters. The lowest BCUT2D eigenvalue weighted by Crippen LogP contribution is -2.30. The number of unbranched alkanes of at least 4 members (excludes halogenated alkanes) is 25. The van der Waals surface area contributed by atoms with Crippen molar-refractivity contribution < 1.29 is 28.6 Å². The van der Waals surface area contributed by atoms with Gasteiger partial charge in [0.1, 0.15) is 13.2 Å². The maximum absolute atomic E-state index is 12.7. The van der Waals surface area contributed by atoms with Gasteiger partial charge in [-0.25, -0.2) is 0 Å². The first-order valence-corrected chi connectivity index (χ1v) is 23.5. The molecule has 1 unspecified atom stereocenters. The van der Waals surface area contributed by atoms with Crippen LogP contribution in [0, 0.1) is 0 Å². The Labute approximate surface area is 340 Å². The van der Waals surface area contributed by atoms with E-state index in [0.717, 1.165) is 83.5 Å². The van der Waals surface area contributed by atoms with Crippen LogP contribution in [0.2, 0.25) is 0 Å². The summed E-state index contributed by atoms with van der Waals surface area (Å²) >= 11 is 0. The van der Waals surface area contributed by atoms with E-state index in [1.165, 1.54) is 116 Å². The number of rotatable bonds is 42. The average molecular weight is 773 g/mol. The van der Waals surface area contributed by atoms with Gasteiger partial charge in [0.05, 0.1) is 0 Å². The minimum atomic E-state index is -0.773. The molecule has 0 heterocycles. The van der Waals surface area contributed by atoms with Crippen LogP contribution >= 0.6 is 0 Å². The van der Waals surface area contributed by atoms with Crippen molar-refractivity contribution in [3.8, 4) is 0 Å². The smallest absolute Gasteiger partial charge is 0.306 e. The Kier molecular flexibility index (Phi) is 42.4. The van der Waals surface area contributed by atoms with Crippen LogP contribution < -0.4 is 0 Å². The molecule has 0 amide bonds. The van der Waals surface area contributed by atoms with E-state index in [4.69, 9.17) is 14.2 Å². The van der Waals surface area contributed by atoms with Crippen LogP contribution in [0.4, 0.5) is 0 Å². The van der Waals surface area contributed by atoms with Crippen molar-refractivity contribution in [2.24, 2.45) is 0 Å². The van der Waals surface area contributed by atoms with Crippen molar-refractivity contribution in [1.29, 1.82) is 0 Å². The van der Waals surface area contributed by atoms with E-state index in [1.54, 1.807) is 0 Å². The van der Waals surface area contributed by atoms with Gasteiger partial charge in [-0.3, -0.25) is 14.4 Å². The summed E-state index contributed by atoms with van der Waals surface area (Å²) in [6.45, 7) is 6.54. The molecule has 0 saturated carbocycles. The van der Waals surface area contributed by atoms with Gasteiger partial charge in [0.2, 0.25) is 0 Å². The monoisotopic (exact) mass is 773 g/mol. The summed E-state index contributed by atoms with van der Waals surface area (Å²) in [6.07, 6.45) is 49.8. The van der Waals surface area contributed by atoms with Gasteiger partial charge >= 0.3 is 17.9 Å². The first-order valence-electron chi connectivity index (χ1n) is 23.5. The number of allylic oxidation sites excluding steroid dienone is 6. The summed E-state index contributed by atoms with van der Waals surface area (Å²) in [5, 5.41) is 0. The summed E-state index contributed by atoms with van der Waals surface area (Å²) < 4.78 is 16.7. The van der Waals surface area contributed by atoms with Crippen LogP contribution in [0.15, 0.2) is 36.5 Å². The largest absolute Gasteiger partial charge is 0.462 e. The zero-order chi connectivity index (χ0) is 40.1. The minimum absolute atomic E-state index is 0.0764. The van der Waals surface area contributed by atoms with Gasteiger partial charge in [0.15, 0.2) is 6.10 Å². The number of carbonyl (C=O) groups excluding carboxylic acids is 3. The molecule has 0 bridgehead atoms. The molecule has 0 spiro atoms. The molecule has 0 N–H and O–H groups in total. The van der Waals surface area contributed by atoms with Crippen molar-refractivity contribution in [2.75, 3.05) is 13.2 Å². The highest BCUT2D eigenvalue weighted by molar-refractivity contribution is 5.71. The zero-order valence-electron chi connectivity index (χ0n) is 36.4. The van der Waals surface area contributed by atoms with Gasteiger partial charge < -0.3 is 14.2 Å². The van der Waals surface area contributed by atoms with Crippen LogP contribution in [-0.2, 0) is 28.6 Å². The molecule has 6 nitrogen and oxygen atoms in total. The van der Waals surface area contributed by atoms with Crippen LogP contribution in [-0.4, -0.2) is 37.2 Å². The quantitative estimate of drug-likeness (QED) is 0.0266. The second-order valence-corrected chi connectivity index (χ2v) is 15.7. The van der Waals surface area contributed by atoms with Crippen molar-refractivity contribution in [3.63, 3.8) is 0 Å². The molecule has 55 heavy (non-hydrogen) atoms. The first kappa shape index (κ1) is 52.6. The Balaban J connectivity index is 4.32. The number of esters is 3. The number of hydrogen-bond donors (Lipinski definition) is 0. The standard InChI is InChI=1S/C49H88O6/c1-4-7-10-13-16-19-21-22-23-24-25-26-28-30-33-36-39-42-48(51)54-45-46(44-53-47(50)41-38-35-32-29-18-15-12-9-6-3)55-49(52)43-40-37-34-31-27-20-17-14-11-8-5-2/h14,16-17,19,22-23,46H,4-13,15,18,20-21,24-45H2,1-3H3/b17-14-,19-16-,23-22-. The summed E-state index contributed by atoms with van der Waals surface area (Å²) in [5.41, 5.74) is 0. The van der Waals surface area contributed by atoms with E-state index >= 15 is 0 Å². The molecule has 0 aliphatic carbocycles. The van der Waals surface area contributed by atoms with Gasteiger partial charge in [0, 0.05) is 19.3 Å². The van der Waals surface area contributed by atoms with E-state index in [2.05, 4.69) is 57.2 Å². The van der Waals surface area contributed by atoms with Crippen molar-refractivity contribution in [3.05, 3.63) is 36.5 Å². The lowest BCUT2D eigenvalue weighted by Gasteiger charge is -2.18. The number of ether oxygens (including phenoxy) is 3. The van der Waals surface area contributed by atoms with Gasteiger partial charge in [0.25, 0.3) is 0 Å². The van der Waals surface area contributed by atoms with Crippen LogP contribution in [0.3, 0.4) is 0 Å². The lowest BCUT2D eigenvalue weighted by molar-refractivity contribution is -0.167. The maximum Gasteiger partial charge on any atom is 0.306 e. The SMILES string of the molecule is CCCC/C=C\CCCCCCCC(=O)OC(COC(=O)CCCCCCCCC/C=C\C/C=C\CCCCC)COC(=O)CCCCCCCCCCC. The normalized spacial score (nSPS) is 12.3. The summed E-state index contributed by atoms with van der Waals surface area (Å²) in [6, 6.07) is 0. The number of carbonyl (C=O) groups is 3. The Morgan fingerprint density at radius 2 is 0.673 bits per heavy atom. The van der Waals surface area contributed by atoms with Crippen LogP contribution in [0.5, 0.6) is 0 Å². The molecule has 0 radical (unpaired) electrons. The molecule has 0 rings (SSSR count). The van der Waals surface area contributed by atoms with E-state index in [1.807, 2.05) is 0 Å². The zero-order valence-corrected chi connectivity index (χ0v) is 36.4. The molecule has 0 aromatic rings. The fourth-order valence-corrected chi connectivity index (χ4v) is 6.51. The minimum Gasteiger partial charge on any atom is -0.462 e. The Hall–Kier alpha value is -2.37. The molecule has 0 fully saturated rings. The molecular weight excluding hydrogens is 685 g/mol. The predicted octanol–water partition coefficient (Wildman–Crippen LogP) is 15.0. The molecule has 0 saturated heterocycles. The molecule has 0 aliphatic rings. The van der Waals surface area contributed by atoms with Crippen molar-refractivity contribution >= 4 is 17.9 Å². The third-order valence-corrected chi connectivity index (χ3v) is 10.1. The topological polar surface area (TPSA) is 78.9 Å². The molecule has 0 aromatic carbocycles. The van der Waals surface area contributed by atoms with Crippen molar-refractivity contribution in [2.45, 2.75) is 245 Å². The molecule has 0 aromatic heterocycles. The fourth-order valence-electron chi connectivity index (χ4n) is 6.51. The van der Waals surface area contributed by atoms with E-state index in [9.17, 15) is 14.4 Å².